The predicted octanol–water partition coefficient (Wildman–Crippen LogP) is 3.11. The van der Waals surface area contributed by atoms with Crippen molar-refractivity contribution in [1.29, 1.82) is 0 Å². The van der Waals surface area contributed by atoms with Crippen molar-refractivity contribution in [3.8, 4) is 0 Å². The molecule has 2 aliphatic rings. The van der Waals surface area contributed by atoms with Crippen molar-refractivity contribution in [2.45, 2.75) is 76.8 Å². The zero-order chi connectivity index (χ0) is 19.6. The minimum Gasteiger partial charge on any atom is -0.390 e. The second kappa shape index (κ2) is 11.7. The van der Waals surface area contributed by atoms with Gasteiger partial charge in [-0.3, -0.25) is 0 Å². The van der Waals surface area contributed by atoms with Gasteiger partial charge in [-0.05, 0) is 46.1 Å². The molecule has 0 aromatic heterocycles. The van der Waals surface area contributed by atoms with Gasteiger partial charge >= 0.3 is 0 Å². The highest BCUT2D eigenvalue weighted by Gasteiger charge is 2.23. The standard InChI is InChI=1S/C21H34O6/c1-15-10-11-24-18(12-15)8-9-20(25-14-23-4)19(22)6-5-7-21-26-16(2)13-17(3)27-21/h5,7-10,16-22H,6,11-14H2,1-4H3/b7-5+,9-8+/t16-,17-,18-,19+,20+/m1/s1. The number of hydrogen-bond acceptors (Lipinski definition) is 6. The van der Waals surface area contributed by atoms with Gasteiger partial charge in [-0.25, -0.2) is 0 Å². The summed E-state index contributed by atoms with van der Waals surface area (Å²) in [6.45, 7) is 6.91. The van der Waals surface area contributed by atoms with E-state index in [1.54, 1.807) is 7.11 Å². The molecule has 0 aliphatic carbocycles. The Hall–Kier alpha value is -1.02. The van der Waals surface area contributed by atoms with Gasteiger partial charge in [-0.1, -0.05) is 29.9 Å². The lowest BCUT2D eigenvalue weighted by Crippen LogP contribution is -2.34. The number of aliphatic hydroxyl groups is 1. The molecule has 0 amide bonds. The molecular formula is C21H34O6. The van der Waals surface area contributed by atoms with Gasteiger partial charge in [0.25, 0.3) is 0 Å². The molecule has 0 spiro atoms. The van der Waals surface area contributed by atoms with Crippen molar-refractivity contribution in [3.63, 3.8) is 0 Å². The molecule has 0 aromatic carbocycles. The summed E-state index contributed by atoms with van der Waals surface area (Å²) < 4.78 is 27.7. The molecule has 27 heavy (non-hydrogen) atoms. The van der Waals surface area contributed by atoms with E-state index in [-0.39, 0.29) is 31.4 Å². The van der Waals surface area contributed by atoms with E-state index >= 15 is 0 Å². The Morgan fingerprint density at radius 3 is 2.67 bits per heavy atom. The third-order valence-corrected chi connectivity index (χ3v) is 4.61. The van der Waals surface area contributed by atoms with E-state index in [0.717, 1.165) is 12.8 Å². The third-order valence-electron chi connectivity index (χ3n) is 4.61. The van der Waals surface area contributed by atoms with Crippen LogP contribution in [0.25, 0.3) is 0 Å². The maximum absolute atomic E-state index is 10.5. The number of hydrogen-bond donors (Lipinski definition) is 1. The van der Waals surface area contributed by atoms with Crippen molar-refractivity contribution in [3.05, 3.63) is 36.0 Å². The molecular weight excluding hydrogens is 348 g/mol. The first-order chi connectivity index (χ1) is 13.0. The average Bonchev–Trinajstić information content (AvgIpc) is 2.61. The van der Waals surface area contributed by atoms with Crippen LogP contribution in [0.3, 0.4) is 0 Å². The Bertz CT molecular complexity index is 505. The molecule has 0 unspecified atom stereocenters. The van der Waals surface area contributed by atoms with Gasteiger partial charge in [0.05, 0.1) is 31.0 Å². The molecule has 0 radical (unpaired) electrons. The number of ether oxygens (including phenoxy) is 5. The summed E-state index contributed by atoms with van der Waals surface area (Å²) in [6, 6.07) is 0. The lowest BCUT2D eigenvalue weighted by Gasteiger charge is -2.31. The van der Waals surface area contributed by atoms with Crippen molar-refractivity contribution in [1.82, 2.24) is 0 Å². The Kier molecular flexibility index (Phi) is 9.68. The van der Waals surface area contributed by atoms with Crippen LogP contribution in [0, 0.1) is 0 Å². The smallest absolute Gasteiger partial charge is 0.177 e. The van der Waals surface area contributed by atoms with Crippen LogP contribution in [0.2, 0.25) is 0 Å². The molecule has 2 heterocycles. The quantitative estimate of drug-likeness (QED) is 0.488. The van der Waals surface area contributed by atoms with Crippen LogP contribution in [-0.4, -0.2) is 62.4 Å². The Labute approximate surface area is 162 Å². The normalized spacial score (nSPS) is 32.0. The second-order valence-corrected chi connectivity index (χ2v) is 7.28. The van der Waals surface area contributed by atoms with E-state index in [1.165, 1.54) is 5.57 Å². The highest BCUT2D eigenvalue weighted by Crippen LogP contribution is 2.19. The van der Waals surface area contributed by atoms with Crippen LogP contribution in [0.15, 0.2) is 36.0 Å². The minimum atomic E-state index is -0.702. The molecule has 6 heteroatoms. The molecule has 6 nitrogen and oxygen atoms in total. The predicted molar refractivity (Wildman–Crippen MR) is 103 cm³/mol. The van der Waals surface area contributed by atoms with Crippen LogP contribution < -0.4 is 0 Å². The lowest BCUT2D eigenvalue weighted by atomic mass is 10.0. The van der Waals surface area contributed by atoms with Crippen molar-refractivity contribution in [2.75, 3.05) is 20.5 Å². The maximum Gasteiger partial charge on any atom is 0.177 e. The fourth-order valence-corrected chi connectivity index (χ4v) is 3.19. The second-order valence-electron chi connectivity index (χ2n) is 7.28. The van der Waals surface area contributed by atoms with Crippen molar-refractivity contribution < 1.29 is 28.8 Å². The molecule has 5 atom stereocenters. The highest BCUT2D eigenvalue weighted by atomic mass is 16.7. The van der Waals surface area contributed by atoms with E-state index in [1.807, 2.05) is 38.2 Å². The van der Waals surface area contributed by atoms with Gasteiger partial charge in [-0.15, -0.1) is 0 Å². The van der Waals surface area contributed by atoms with Gasteiger partial charge in [-0.2, -0.15) is 0 Å². The van der Waals surface area contributed by atoms with Crippen LogP contribution >= 0.6 is 0 Å². The number of aliphatic hydroxyl groups excluding tert-OH is 1. The zero-order valence-electron chi connectivity index (χ0n) is 16.9. The summed E-state index contributed by atoms with van der Waals surface area (Å²) in [5, 5.41) is 10.5. The monoisotopic (exact) mass is 382 g/mol. The summed E-state index contributed by atoms with van der Waals surface area (Å²) >= 11 is 0. The maximum atomic E-state index is 10.5. The average molecular weight is 382 g/mol. The fraction of sp³-hybridized carbons (Fsp3) is 0.714. The molecule has 2 aliphatic heterocycles. The van der Waals surface area contributed by atoms with Crippen LogP contribution in [0.5, 0.6) is 0 Å². The first-order valence-electron chi connectivity index (χ1n) is 9.69. The summed E-state index contributed by atoms with van der Waals surface area (Å²) in [5.74, 6) is 0. The summed E-state index contributed by atoms with van der Waals surface area (Å²) in [5.41, 5.74) is 1.31. The molecule has 154 valence electrons. The Morgan fingerprint density at radius 1 is 1.26 bits per heavy atom. The largest absolute Gasteiger partial charge is 0.390 e. The molecule has 1 fully saturated rings. The molecule has 0 saturated carbocycles. The van der Waals surface area contributed by atoms with Crippen LogP contribution in [0.4, 0.5) is 0 Å². The Morgan fingerprint density at radius 2 is 2.00 bits per heavy atom. The van der Waals surface area contributed by atoms with E-state index in [2.05, 4.69) is 13.0 Å². The van der Waals surface area contributed by atoms with Gasteiger partial charge in [0.1, 0.15) is 12.9 Å². The fourth-order valence-electron chi connectivity index (χ4n) is 3.19. The summed E-state index contributed by atoms with van der Waals surface area (Å²) in [6.07, 6.45) is 10.6. The minimum absolute atomic E-state index is 0.0124. The molecule has 1 N–H and O–H groups in total. The van der Waals surface area contributed by atoms with Gasteiger partial charge in [0.15, 0.2) is 6.29 Å². The van der Waals surface area contributed by atoms with E-state index in [4.69, 9.17) is 23.7 Å². The first kappa shape index (κ1) is 22.3. The zero-order valence-corrected chi connectivity index (χ0v) is 16.9. The van der Waals surface area contributed by atoms with E-state index < -0.39 is 12.2 Å². The van der Waals surface area contributed by atoms with E-state index in [0.29, 0.717) is 13.0 Å². The molecule has 2 rings (SSSR count). The van der Waals surface area contributed by atoms with Crippen LogP contribution in [0.1, 0.15) is 40.0 Å². The summed E-state index contributed by atoms with van der Waals surface area (Å²) in [4.78, 5) is 0. The molecule has 0 bridgehead atoms. The Balaban J connectivity index is 1.86. The highest BCUT2D eigenvalue weighted by molar-refractivity contribution is 5.09. The third kappa shape index (κ3) is 8.25. The van der Waals surface area contributed by atoms with Crippen LogP contribution in [-0.2, 0) is 23.7 Å². The van der Waals surface area contributed by atoms with Gasteiger partial charge in [0.2, 0.25) is 0 Å². The van der Waals surface area contributed by atoms with Gasteiger partial charge in [0, 0.05) is 7.11 Å². The SMILES string of the molecule is COCO[C@@H](/C=C/[C@@H]1CC(C)=CCO1)[C@@H](O)C/C=C/C1O[C@H](C)C[C@@H](C)O1. The number of methoxy groups -OCH3 is 1. The van der Waals surface area contributed by atoms with Gasteiger partial charge < -0.3 is 28.8 Å². The molecule has 1 saturated heterocycles. The first-order valence-corrected chi connectivity index (χ1v) is 9.69. The topological polar surface area (TPSA) is 66.4 Å². The number of rotatable bonds is 9. The van der Waals surface area contributed by atoms with Crippen molar-refractivity contribution >= 4 is 0 Å². The summed E-state index contributed by atoms with van der Waals surface area (Å²) in [7, 11) is 1.56. The van der Waals surface area contributed by atoms with Crippen molar-refractivity contribution in [2.24, 2.45) is 0 Å². The van der Waals surface area contributed by atoms with E-state index in [9.17, 15) is 5.11 Å². The molecule has 0 aromatic rings. The lowest BCUT2D eigenvalue weighted by molar-refractivity contribution is -0.210.